The fraction of sp³-hybridized carbons (Fsp3) is 0.926. The molecule has 0 spiro atoms. The molecule has 1 heteroatoms. The molecule has 8 atom stereocenters. The van der Waals surface area contributed by atoms with Crippen LogP contribution in [0.3, 0.4) is 0 Å². The van der Waals surface area contributed by atoms with E-state index in [0.29, 0.717) is 10.8 Å². The van der Waals surface area contributed by atoms with Gasteiger partial charge in [-0.1, -0.05) is 61.5 Å². The topological polar surface area (TPSA) is 0 Å². The van der Waals surface area contributed by atoms with E-state index in [-0.39, 0.29) is 0 Å². The Labute approximate surface area is 183 Å². The molecule has 0 aromatic rings. The van der Waals surface area contributed by atoms with Gasteiger partial charge in [-0.05, 0) is 122 Å². The van der Waals surface area contributed by atoms with Gasteiger partial charge in [0, 0.05) is 0 Å². The summed E-state index contributed by atoms with van der Waals surface area (Å²) < 4.78 is 0. The Morgan fingerprint density at radius 2 is 1.75 bits per heavy atom. The van der Waals surface area contributed by atoms with Crippen molar-refractivity contribution in [2.75, 3.05) is 0 Å². The molecule has 0 saturated heterocycles. The Kier molecular flexibility index (Phi) is 6.43. The zero-order valence-corrected chi connectivity index (χ0v) is 20.7. The van der Waals surface area contributed by atoms with E-state index in [1.165, 1.54) is 50.5 Å². The van der Waals surface area contributed by atoms with Crippen molar-refractivity contribution < 1.29 is 0 Å². The number of halogens is 1. The maximum atomic E-state index is 3.50. The molecule has 4 aliphatic carbocycles. The zero-order chi connectivity index (χ0) is 19.9. The third-order valence-electron chi connectivity index (χ3n) is 10.8. The largest absolute Gasteiger partial charge is 0.0664 e. The normalized spacial score (nSPS) is 47.2. The van der Waals surface area contributed by atoms with E-state index in [0.717, 1.165) is 35.5 Å². The third kappa shape index (κ3) is 3.58. The Morgan fingerprint density at radius 1 is 0.964 bits per heavy atom. The summed E-state index contributed by atoms with van der Waals surface area (Å²) in [5.74, 6) is 6.13. The molecule has 4 saturated carbocycles. The van der Waals surface area contributed by atoms with Crippen LogP contribution in [0.2, 0.25) is 0 Å². The van der Waals surface area contributed by atoms with E-state index in [4.69, 9.17) is 0 Å². The summed E-state index contributed by atoms with van der Waals surface area (Å²) >= 11 is 3.50. The second kappa shape index (κ2) is 8.39. The molecule has 0 aromatic heterocycles. The van der Waals surface area contributed by atoms with Gasteiger partial charge in [0.15, 0.2) is 0 Å². The van der Waals surface area contributed by atoms with Crippen LogP contribution in [0, 0.1) is 46.3 Å². The Balaban J connectivity index is 1.44. The summed E-state index contributed by atoms with van der Waals surface area (Å²) in [6.45, 7) is 10.3. The minimum absolute atomic E-state index is 0.652. The first-order chi connectivity index (χ1) is 13.4. The zero-order valence-electron chi connectivity index (χ0n) is 19.1. The summed E-state index contributed by atoms with van der Waals surface area (Å²) in [5.41, 5.74) is 2.85. The van der Waals surface area contributed by atoms with E-state index in [9.17, 15) is 0 Å². The van der Waals surface area contributed by atoms with Crippen LogP contribution in [0.5, 0.6) is 0 Å². The van der Waals surface area contributed by atoms with Crippen LogP contribution in [0.4, 0.5) is 0 Å². The highest BCUT2D eigenvalue weighted by Crippen LogP contribution is 2.68. The smallest absolute Gasteiger partial charge is 0.0200 e. The van der Waals surface area contributed by atoms with Crippen LogP contribution in [-0.2, 0) is 0 Å². The summed E-state index contributed by atoms with van der Waals surface area (Å²) in [7, 11) is 0. The highest BCUT2D eigenvalue weighted by atomic mass is 79.9. The van der Waals surface area contributed by atoms with Crippen LogP contribution in [0.15, 0.2) is 10.6 Å². The predicted octanol–water partition coefficient (Wildman–Crippen LogP) is 9.14. The molecule has 1 unspecified atom stereocenters. The molecule has 0 heterocycles. The lowest BCUT2D eigenvalue weighted by molar-refractivity contribution is -0.114. The van der Waals surface area contributed by atoms with Crippen molar-refractivity contribution in [1.29, 1.82) is 0 Å². The van der Waals surface area contributed by atoms with Crippen LogP contribution < -0.4 is 0 Å². The van der Waals surface area contributed by atoms with E-state index < -0.39 is 0 Å². The Bertz CT molecular complexity index is 579. The molecule has 4 aliphatic rings. The minimum atomic E-state index is 0.652. The van der Waals surface area contributed by atoms with Gasteiger partial charge in [0.05, 0.1) is 0 Å². The molecule has 0 aromatic carbocycles. The fourth-order valence-corrected chi connectivity index (χ4v) is 9.46. The first-order valence-electron chi connectivity index (χ1n) is 12.7. The van der Waals surface area contributed by atoms with Gasteiger partial charge in [0.2, 0.25) is 0 Å². The molecule has 0 aliphatic heterocycles. The minimum Gasteiger partial charge on any atom is -0.0664 e. The lowest BCUT2D eigenvalue weighted by Crippen LogP contribution is -2.53. The molecule has 28 heavy (non-hydrogen) atoms. The molecule has 4 fully saturated rings. The van der Waals surface area contributed by atoms with Gasteiger partial charge in [-0.2, -0.15) is 0 Å². The van der Waals surface area contributed by atoms with Crippen molar-refractivity contribution in [3.8, 4) is 0 Å². The van der Waals surface area contributed by atoms with Gasteiger partial charge in [0.25, 0.3) is 0 Å². The second-order valence-corrected chi connectivity index (χ2v) is 12.4. The molecule has 160 valence electrons. The van der Waals surface area contributed by atoms with Crippen molar-refractivity contribution in [2.45, 2.75) is 111 Å². The highest BCUT2D eigenvalue weighted by molar-refractivity contribution is 9.11. The Hall–Kier alpha value is 0.220. The second-order valence-electron chi connectivity index (χ2n) is 12.0. The molecular formula is C27H45Br. The van der Waals surface area contributed by atoms with Crippen molar-refractivity contribution in [2.24, 2.45) is 46.3 Å². The summed E-state index contributed by atoms with van der Waals surface area (Å²) in [4.78, 5) is 2.12. The summed E-state index contributed by atoms with van der Waals surface area (Å²) in [5, 5.41) is 0. The number of allylic oxidation sites excluding steroid dienone is 1. The quantitative estimate of drug-likeness (QED) is 0.392. The fourth-order valence-electron chi connectivity index (χ4n) is 9.23. The Morgan fingerprint density at radius 3 is 2.54 bits per heavy atom. The summed E-state index contributed by atoms with van der Waals surface area (Å²) in [6.07, 6.45) is 19.5. The standard InChI is InChI=1S/C27H45Br/c1-19(18-28)8-7-9-20(2)23-13-14-24-22-12-11-21-10-5-6-16-26(21,3)25(22)15-17-27(23,24)4/h18,20-25H,5-17H2,1-4H3/t20-,21?,22+,23-,24+,25+,26+,27-/m1/s1. The van der Waals surface area contributed by atoms with Crippen molar-refractivity contribution in [3.63, 3.8) is 0 Å². The predicted molar refractivity (Wildman–Crippen MR) is 126 cm³/mol. The molecule has 0 N–H and O–H groups in total. The molecule has 4 rings (SSSR count). The third-order valence-corrected chi connectivity index (χ3v) is 11.5. The van der Waals surface area contributed by atoms with Crippen LogP contribution in [0.25, 0.3) is 0 Å². The van der Waals surface area contributed by atoms with Crippen molar-refractivity contribution in [3.05, 3.63) is 10.6 Å². The number of hydrogen-bond donors (Lipinski definition) is 0. The van der Waals surface area contributed by atoms with Crippen molar-refractivity contribution >= 4 is 15.9 Å². The van der Waals surface area contributed by atoms with Crippen LogP contribution in [-0.4, -0.2) is 0 Å². The molecule has 0 radical (unpaired) electrons. The maximum absolute atomic E-state index is 3.50. The molecular weight excluding hydrogens is 404 g/mol. The monoisotopic (exact) mass is 448 g/mol. The van der Waals surface area contributed by atoms with Crippen LogP contribution >= 0.6 is 15.9 Å². The van der Waals surface area contributed by atoms with Gasteiger partial charge in [0.1, 0.15) is 0 Å². The van der Waals surface area contributed by atoms with Gasteiger partial charge in [-0.3, -0.25) is 0 Å². The van der Waals surface area contributed by atoms with Gasteiger partial charge >= 0.3 is 0 Å². The highest BCUT2D eigenvalue weighted by Gasteiger charge is 2.59. The van der Waals surface area contributed by atoms with Crippen LogP contribution in [0.1, 0.15) is 111 Å². The lowest BCUT2D eigenvalue weighted by Gasteiger charge is -2.61. The molecule has 0 amide bonds. The maximum Gasteiger partial charge on any atom is -0.0200 e. The van der Waals surface area contributed by atoms with E-state index in [1.807, 2.05) is 0 Å². The number of hydrogen-bond acceptors (Lipinski definition) is 0. The molecule has 0 nitrogen and oxygen atoms in total. The van der Waals surface area contributed by atoms with E-state index >= 15 is 0 Å². The van der Waals surface area contributed by atoms with Gasteiger partial charge in [-0.15, -0.1) is 0 Å². The average Bonchev–Trinajstić information content (AvgIpc) is 3.04. The number of fused-ring (bicyclic) bond motifs is 5. The first kappa shape index (κ1) is 21.5. The van der Waals surface area contributed by atoms with E-state index in [2.05, 4.69) is 48.6 Å². The number of rotatable bonds is 5. The summed E-state index contributed by atoms with van der Waals surface area (Å²) in [6, 6.07) is 0. The van der Waals surface area contributed by atoms with Gasteiger partial charge in [-0.25, -0.2) is 0 Å². The lowest BCUT2D eigenvalue weighted by atomic mass is 9.44. The van der Waals surface area contributed by atoms with Gasteiger partial charge < -0.3 is 0 Å². The average molecular weight is 450 g/mol. The van der Waals surface area contributed by atoms with E-state index in [1.54, 1.807) is 38.5 Å². The first-order valence-corrected chi connectivity index (χ1v) is 13.6. The molecule has 0 bridgehead atoms. The SMILES string of the molecule is CC(=CBr)CCC[C@@H](C)[C@H]1CC[C@H]2[C@@H]3CCC4CCCC[C@]4(C)[C@H]3CC[C@]12C. The van der Waals surface area contributed by atoms with Crippen molar-refractivity contribution in [1.82, 2.24) is 0 Å².